The van der Waals surface area contributed by atoms with Crippen molar-refractivity contribution < 1.29 is 0 Å². The highest BCUT2D eigenvalue weighted by molar-refractivity contribution is 8.01. The molecule has 30 heavy (non-hydrogen) atoms. The smallest absolute Gasteiger partial charge is 0.213 e. The van der Waals surface area contributed by atoms with Crippen LogP contribution >= 0.6 is 46.0 Å². The maximum atomic E-state index is 6.45. The minimum absolute atomic E-state index is 0.592. The highest BCUT2D eigenvalue weighted by atomic mass is 35.5. The molecule has 0 spiro atoms. The first kappa shape index (κ1) is 19.4. The monoisotopic (exact) mass is 466 g/mol. The van der Waals surface area contributed by atoms with Gasteiger partial charge in [0, 0.05) is 20.4 Å². The molecule has 0 radical (unpaired) electrons. The molecule has 2 N–H and O–H groups in total. The Morgan fingerprint density at radius 3 is 2.50 bits per heavy atom. The fourth-order valence-electron chi connectivity index (χ4n) is 2.98. The van der Waals surface area contributed by atoms with Crippen LogP contribution in [0.25, 0.3) is 26.8 Å². The van der Waals surface area contributed by atoms with Gasteiger partial charge in [0.15, 0.2) is 0 Å². The molecule has 0 saturated carbocycles. The second-order valence-corrected chi connectivity index (χ2v) is 10.1. The summed E-state index contributed by atoms with van der Waals surface area (Å²) in [6.45, 7) is 0. The zero-order valence-electron chi connectivity index (χ0n) is 15.5. The number of anilines is 1. The summed E-state index contributed by atoms with van der Waals surface area (Å²) in [4.78, 5) is 7.10. The molecule has 8 heteroatoms. The zero-order valence-corrected chi connectivity index (χ0v) is 18.7. The highest BCUT2D eigenvalue weighted by Gasteiger charge is 2.19. The van der Waals surface area contributed by atoms with Crippen LogP contribution in [0.3, 0.4) is 0 Å². The quantitative estimate of drug-likeness (QED) is 0.300. The molecule has 5 rings (SSSR count). The van der Waals surface area contributed by atoms with Crippen molar-refractivity contribution in [2.45, 2.75) is 9.10 Å². The van der Waals surface area contributed by atoms with Crippen molar-refractivity contribution >= 4 is 51.9 Å². The van der Waals surface area contributed by atoms with Gasteiger partial charge in [0.2, 0.25) is 5.13 Å². The molecule has 2 aromatic carbocycles. The van der Waals surface area contributed by atoms with Gasteiger partial charge in [0.1, 0.15) is 5.82 Å². The summed E-state index contributed by atoms with van der Waals surface area (Å²) < 4.78 is 2.80. The fraction of sp³-hybridized carbons (Fsp3) is 0. The predicted octanol–water partition coefficient (Wildman–Crippen LogP) is 7.11. The second-order valence-electron chi connectivity index (χ2n) is 6.39. The van der Waals surface area contributed by atoms with E-state index in [9.17, 15) is 0 Å². The van der Waals surface area contributed by atoms with Crippen LogP contribution < -0.4 is 5.73 Å². The molecule has 0 aliphatic rings. The van der Waals surface area contributed by atoms with Gasteiger partial charge < -0.3 is 5.73 Å². The van der Waals surface area contributed by atoms with E-state index in [-0.39, 0.29) is 0 Å². The SMILES string of the molecule is Nc1c(-c2cccs2)cnn1-c1nc(-c2ccccc2)c(Sc2ccc(Cl)cc2)s1. The third-order valence-corrected chi connectivity index (χ3v) is 7.80. The van der Waals surface area contributed by atoms with E-state index in [2.05, 4.69) is 17.2 Å². The Kier molecular flexibility index (Phi) is 5.35. The van der Waals surface area contributed by atoms with Gasteiger partial charge in [0.25, 0.3) is 0 Å². The largest absolute Gasteiger partial charge is 0.383 e. The Balaban J connectivity index is 1.59. The Morgan fingerprint density at radius 2 is 1.77 bits per heavy atom. The van der Waals surface area contributed by atoms with Crippen LogP contribution in [-0.4, -0.2) is 14.8 Å². The molecule has 0 bridgehead atoms. The molecule has 0 unspecified atom stereocenters. The first-order valence-electron chi connectivity index (χ1n) is 9.06. The van der Waals surface area contributed by atoms with Crippen molar-refractivity contribution in [1.29, 1.82) is 0 Å². The first-order chi connectivity index (χ1) is 14.7. The maximum absolute atomic E-state index is 6.45. The third kappa shape index (κ3) is 3.77. The summed E-state index contributed by atoms with van der Waals surface area (Å²) in [7, 11) is 0. The van der Waals surface area contributed by atoms with Gasteiger partial charge in [-0.15, -0.1) is 11.3 Å². The van der Waals surface area contributed by atoms with Gasteiger partial charge in [-0.2, -0.15) is 9.78 Å². The van der Waals surface area contributed by atoms with Crippen LogP contribution in [0.4, 0.5) is 5.82 Å². The lowest BCUT2D eigenvalue weighted by Gasteiger charge is -2.02. The maximum Gasteiger partial charge on any atom is 0.213 e. The number of nitrogens with two attached hydrogens (primary N) is 1. The van der Waals surface area contributed by atoms with Crippen molar-refractivity contribution in [1.82, 2.24) is 14.8 Å². The van der Waals surface area contributed by atoms with Gasteiger partial charge in [-0.05, 0) is 35.7 Å². The number of hydrogen-bond acceptors (Lipinski definition) is 6. The van der Waals surface area contributed by atoms with Gasteiger partial charge in [-0.1, -0.05) is 71.1 Å². The number of benzene rings is 2. The number of rotatable bonds is 5. The molecule has 0 atom stereocenters. The van der Waals surface area contributed by atoms with Crippen LogP contribution in [0.2, 0.25) is 5.02 Å². The average molecular weight is 467 g/mol. The zero-order chi connectivity index (χ0) is 20.5. The molecule has 5 aromatic rings. The van der Waals surface area contributed by atoms with Crippen LogP contribution in [0.1, 0.15) is 0 Å². The van der Waals surface area contributed by atoms with Gasteiger partial charge in [-0.3, -0.25) is 0 Å². The number of thiophene rings is 1. The lowest BCUT2D eigenvalue weighted by atomic mass is 10.2. The van der Waals surface area contributed by atoms with E-state index in [4.69, 9.17) is 22.3 Å². The van der Waals surface area contributed by atoms with E-state index in [0.29, 0.717) is 5.82 Å². The fourth-order valence-corrected chi connectivity index (χ4v) is 6.07. The lowest BCUT2D eigenvalue weighted by Crippen LogP contribution is -2.01. The Hall–Kier alpha value is -2.58. The molecule has 0 aliphatic heterocycles. The van der Waals surface area contributed by atoms with Gasteiger partial charge in [-0.25, -0.2) is 4.98 Å². The number of nitrogens with zero attached hydrogens (tertiary/aromatic N) is 3. The van der Waals surface area contributed by atoms with Crippen LogP contribution in [0.5, 0.6) is 0 Å². The first-order valence-corrected chi connectivity index (χ1v) is 12.0. The second kappa shape index (κ2) is 8.28. The van der Waals surface area contributed by atoms with E-state index in [1.54, 1.807) is 45.3 Å². The van der Waals surface area contributed by atoms with E-state index in [1.807, 2.05) is 60.0 Å². The molecule has 4 nitrogen and oxygen atoms in total. The minimum Gasteiger partial charge on any atom is -0.383 e. The number of hydrogen-bond donors (Lipinski definition) is 1. The van der Waals surface area contributed by atoms with Gasteiger partial charge in [0.05, 0.1) is 21.7 Å². The summed E-state index contributed by atoms with van der Waals surface area (Å²) in [6, 6.07) is 22.0. The summed E-state index contributed by atoms with van der Waals surface area (Å²) in [5, 5.41) is 8.02. The molecule has 3 aromatic heterocycles. The predicted molar refractivity (Wildman–Crippen MR) is 128 cm³/mol. The topological polar surface area (TPSA) is 56.7 Å². The van der Waals surface area contributed by atoms with Crippen molar-refractivity contribution in [3.8, 4) is 26.8 Å². The molecule has 0 aliphatic carbocycles. The molecule has 148 valence electrons. The summed E-state index contributed by atoms with van der Waals surface area (Å²) in [5.41, 5.74) is 9.35. The van der Waals surface area contributed by atoms with Crippen LogP contribution in [0.15, 0.2) is 87.4 Å². The summed E-state index contributed by atoms with van der Waals surface area (Å²) in [5.74, 6) is 0.592. The Bertz CT molecular complexity index is 1280. The molecule has 0 saturated heterocycles. The van der Waals surface area contributed by atoms with Crippen LogP contribution in [0, 0.1) is 0 Å². The highest BCUT2D eigenvalue weighted by Crippen LogP contribution is 2.42. The van der Waals surface area contributed by atoms with Crippen molar-refractivity contribution in [2.75, 3.05) is 5.73 Å². The lowest BCUT2D eigenvalue weighted by molar-refractivity contribution is 0.881. The molecular formula is C22H15ClN4S3. The summed E-state index contributed by atoms with van der Waals surface area (Å²) in [6.07, 6.45) is 1.80. The van der Waals surface area contributed by atoms with Crippen LogP contribution in [-0.2, 0) is 0 Å². The third-order valence-electron chi connectivity index (χ3n) is 4.43. The molecule has 0 fully saturated rings. The molecular weight excluding hydrogens is 452 g/mol. The standard InChI is InChI=1S/C22H15ClN4S3/c23-15-8-10-16(11-9-15)29-21-19(14-5-2-1-3-6-14)26-22(30-21)27-20(24)17(13-25-27)18-7-4-12-28-18/h1-13H,24H2. The number of thiazole rings is 1. The van der Waals surface area contributed by atoms with Crippen molar-refractivity contribution in [3.05, 3.63) is 83.3 Å². The molecule has 3 heterocycles. The number of nitrogen functional groups attached to an aromatic ring is 1. The van der Waals surface area contributed by atoms with E-state index < -0.39 is 0 Å². The van der Waals surface area contributed by atoms with Crippen molar-refractivity contribution in [2.24, 2.45) is 0 Å². The Labute approximate surface area is 191 Å². The number of halogens is 1. The molecule has 0 amide bonds. The average Bonchev–Trinajstić information content (AvgIpc) is 3.50. The Morgan fingerprint density at radius 1 is 0.967 bits per heavy atom. The summed E-state index contributed by atoms with van der Waals surface area (Å²) >= 11 is 10.9. The van der Waals surface area contributed by atoms with E-state index in [1.165, 1.54) is 0 Å². The number of aromatic nitrogens is 3. The van der Waals surface area contributed by atoms with Crippen molar-refractivity contribution in [3.63, 3.8) is 0 Å². The normalized spacial score (nSPS) is 11.1. The minimum atomic E-state index is 0.592. The van der Waals surface area contributed by atoms with Gasteiger partial charge >= 0.3 is 0 Å². The van der Waals surface area contributed by atoms with E-state index >= 15 is 0 Å². The van der Waals surface area contributed by atoms with E-state index in [0.717, 1.165) is 41.0 Å².